The van der Waals surface area contributed by atoms with Crippen molar-refractivity contribution in [1.82, 2.24) is 35.0 Å². The number of nitrogens with zero attached hydrogens (tertiary/aromatic N) is 7. The van der Waals surface area contributed by atoms with Gasteiger partial charge < -0.3 is 20.3 Å². The Kier molecular flexibility index (Phi) is 5.81. The van der Waals surface area contributed by atoms with Gasteiger partial charge in [0.1, 0.15) is 23.2 Å². The van der Waals surface area contributed by atoms with Crippen LogP contribution >= 0.6 is 0 Å². The van der Waals surface area contributed by atoms with E-state index < -0.39 is 0 Å². The molecule has 154 valence electrons. The van der Waals surface area contributed by atoms with Gasteiger partial charge in [-0.05, 0) is 26.8 Å². The van der Waals surface area contributed by atoms with Crippen LogP contribution in [0.1, 0.15) is 19.5 Å². The van der Waals surface area contributed by atoms with E-state index in [0.29, 0.717) is 43.4 Å². The third-order valence-corrected chi connectivity index (χ3v) is 4.88. The fourth-order valence-electron chi connectivity index (χ4n) is 3.50. The molecule has 2 N–H and O–H groups in total. The average Bonchev–Trinajstić information content (AvgIpc) is 3.05. The second-order valence-corrected chi connectivity index (χ2v) is 7.10. The predicted molar refractivity (Wildman–Crippen MR) is 112 cm³/mol. The Labute approximate surface area is 169 Å². The quantitative estimate of drug-likeness (QED) is 0.574. The number of aryl methyl sites for hydroxylation is 1. The number of rotatable bonds is 7. The minimum atomic E-state index is 0.385. The van der Waals surface area contributed by atoms with Gasteiger partial charge in [0.15, 0.2) is 5.82 Å². The molecule has 0 radical (unpaired) electrons. The van der Waals surface area contributed by atoms with Crippen LogP contribution < -0.4 is 15.5 Å². The number of hydrogen-bond acceptors (Lipinski definition) is 9. The summed E-state index contributed by atoms with van der Waals surface area (Å²) in [5.41, 5.74) is 2.57. The summed E-state index contributed by atoms with van der Waals surface area (Å²) >= 11 is 0. The molecule has 3 aromatic rings. The van der Waals surface area contributed by atoms with Crippen LogP contribution in [-0.4, -0.2) is 68.6 Å². The fraction of sp³-hybridized carbons (Fsp3) is 0.526. The second kappa shape index (κ2) is 8.66. The van der Waals surface area contributed by atoms with Gasteiger partial charge in [0.25, 0.3) is 0 Å². The standard InChI is InChI=1S/C19H27N9O/c1-4-29-10-9-28-17-16(14(3)26-28)24-19(27-8-7-21-13(2)11-27)25-18(17)23-15-5-6-20-12-22-15/h5-6,12-13,21H,4,7-11H2,1-3H3,(H,20,22,23,24,25)/t13-/m1/s1. The molecule has 0 aliphatic carbocycles. The monoisotopic (exact) mass is 397 g/mol. The van der Waals surface area contributed by atoms with Crippen molar-refractivity contribution in [1.29, 1.82) is 0 Å². The molecule has 0 bridgehead atoms. The van der Waals surface area contributed by atoms with E-state index in [4.69, 9.17) is 19.8 Å². The van der Waals surface area contributed by atoms with Crippen LogP contribution in [0.4, 0.5) is 17.6 Å². The lowest BCUT2D eigenvalue weighted by Gasteiger charge is -2.32. The maximum Gasteiger partial charge on any atom is 0.228 e. The highest BCUT2D eigenvalue weighted by atomic mass is 16.5. The number of ether oxygens (including phenoxy) is 1. The lowest BCUT2D eigenvalue weighted by Crippen LogP contribution is -2.49. The van der Waals surface area contributed by atoms with Gasteiger partial charge in [-0.3, -0.25) is 4.68 Å². The van der Waals surface area contributed by atoms with Crippen LogP contribution in [0.2, 0.25) is 0 Å². The summed E-state index contributed by atoms with van der Waals surface area (Å²) in [5, 5.41) is 11.5. The van der Waals surface area contributed by atoms with Crippen molar-refractivity contribution in [3.63, 3.8) is 0 Å². The molecule has 0 saturated carbocycles. The summed E-state index contributed by atoms with van der Waals surface area (Å²) in [5.74, 6) is 2.07. The third kappa shape index (κ3) is 4.28. The summed E-state index contributed by atoms with van der Waals surface area (Å²) in [7, 11) is 0. The number of nitrogens with one attached hydrogen (secondary N) is 2. The molecule has 1 aliphatic heterocycles. The zero-order valence-electron chi connectivity index (χ0n) is 17.1. The van der Waals surface area contributed by atoms with Gasteiger partial charge in [-0.1, -0.05) is 0 Å². The van der Waals surface area contributed by atoms with Crippen LogP contribution in [0.25, 0.3) is 11.0 Å². The van der Waals surface area contributed by atoms with E-state index in [1.54, 1.807) is 6.20 Å². The SMILES string of the molecule is CCOCCn1nc(C)c2nc(N3CCN[C@H](C)C3)nc(Nc3ccncn3)c21. The van der Waals surface area contributed by atoms with Gasteiger partial charge in [-0.25, -0.2) is 15.0 Å². The van der Waals surface area contributed by atoms with Crippen molar-refractivity contribution >= 4 is 28.6 Å². The van der Waals surface area contributed by atoms with E-state index in [-0.39, 0.29) is 0 Å². The Morgan fingerprint density at radius 1 is 1.34 bits per heavy atom. The molecule has 1 saturated heterocycles. The van der Waals surface area contributed by atoms with Crippen LogP contribution in [-0.2, 0) is 11.3 Å². The normalized spacial score (nSPS) is 17.1. The molecule has 1 fully saturated rings. The molecule has 0 amide bonds. The summed E-state index contributed by atoms with van der Waals surface area (Å²) < 4.78 is 7.44. The van der Waals surface area contributed by atoms with E-state index in [1.807, 2.05) is 24.6 Å². The van der Waals surface area contributed by atoms with Crippen LogP contribution in [0.5, 0.6) is 0 Å². The molecule has 10 heteroatoms. The Morgan fingerprint density at radius 3 is 3.00 bits per heavy atom. The lowest BCUT2D eigenvalue weighted by atomic mass is 10.2. The van der Waals surface area contributed by atoms with Crippen LogP contribution in [0.3, 0.4) is 0 Å². The number of aromatic nitrogens is 6. The Hall–Kier alpha value is -2.85. The largest absolute Gasteiger partial charge is 0.380 e. The Morgan fingerprint density at radius 2 is 2.24 bits per heavy atom. The van der Waals surface area contributed by atoms with Crippen LogP contribution in [0.15, 0.2) is 18.6 Å². The molecule has 3 aromatic heterocycles. The minimum absolute atomic E-state index is 0.385. The fourth-order valence-corrected chi connectivity index (χ4v) is 3.50. The molecule has 1 aliphatic rings. The lowest BCUT2D eigenvalue weighted by molar-refractivity contribution is 0.137. The number of anilines is 3. The smallest absolute Gasteiger partial charge is 0.228 e. The first kappa shape index (κ1) is 19.5. The zero-order chi connectivity index (χ0) is 20.2. The molecule has 10 nitrogen and oxygen atoms in total. The zero-order valence-corrected chi connectivity index (χ0v) is 17.1. The van der Waals surface area contributed by atoms with Gasteiger partial charge in [-0.15, -0.1) is 0 Å². The summed E-state index contributed by atoms with van der Waals surface area (Å²) in [6.07, 6.45) is 3.21. The first-order valence-electron chi connectivity index (χ1n) is 10.00. The second-order valence-electron chi connectivity index (χ2n) is 7.10. The maximum absolute atomic E-state index is 5.53. The molecule has 29 heavy (non-hydrogen) atoms. The van der Waals surface area contributed by atoms with Crippen molar-refractivity contribution in [2.75, 3.05) is 43.1 Å². The summed E-state index contributed by atoms with van der Waals surface area (Å²) in [6, 6.07) is 2.20. The molecule has 0 aromatic carbocycles. The number of hydrogen-bond donors (Lipinski definition) is 2. The van der Waals surface area contributed by atoms with Crippen molar-refractivity contribution in [2.45, 2.75) is 33.4 Å². The van der Waals surface area contributed by atoms with Crippen molar-refractivity contribution in [2.24, 2.45) is 0 Å². The Bertz CT molecular complexity index is 959. The molecule has 1 atom stereocenters. The molecule has 4 rings (SSSR count). The van der Waals surface area contributed by atoms with E-state index in [0.717, 1.165) is 36.4 Å². The van der Waals surface area contributed by atoms with E-state index in [9.17, 15) is 0 Å². The summed E-state index contributed by atoms with van der Waals surface area (Å²) in [4.78, 5) is 20.2. The molecule has 4 heterocycles. The van der Waals surface area contributed by atoms with Crippen molar-refractivity contribution in [3.05, 3.63) is 24.3 Å². The van der Waals surface area contributed by atoms with E-state index >= 15 is 0 Å². The van der Waals surface area contributed by atoms with E-state index in [2.05, 4.69) is 32.4 Å². The summed E-state index contributed by atoms with van der Waals surface area (Å²) in [6.45, 7) is 10.6. The highest BCUT2D eigenvalue weighted by molar-refractivity contribution is 5.90. The van der Waals surface area contributed by atoms with Gasteiger partial charge in [-0.2, -0.15) is 10.1 Å². The first-order valence-corrected chi connectivity index (χ1v) is 10.00. The van der Waals surface area contributed by atoms with Crippen LogP contribution in [0, 0.1) is 6.92 Å². The number of fused-ring (bicyclic) bond motifs is 1. The third-order valence-electron chi connectivity index (χ3n) is 4.88. The van der Waals surface area contributed by atoms with Crippen molar-refractivity contribution in [3.8, 4) is 0 Å². The molecule has 0 spiro atoms. The van der Waals surface area contributed by atoms with Gasteiger partial charge >= 0.3 is 0 Å². The highest BCUT2D eigenvalue weighted by Gasteiger charge is 2.23. The molecular weight excluding hydrogens is 370 g/mol. The van der Waals surface area contributed by atoms with Crippen molar-refractivity contribution < 1.29 is 4.74 Å². The van der Waals surface area contributed by atoms with Gasteiger partial charge in [0.2, 0.25) is 5.95 Å². The predicted octanol–water partition coefficient (Wildman–Crippen LogP) is 1.50. The molecular formula is C19H27N9O. The average molecular weight is 397 g/mol. The van der Waals surface area contributed by atoms with E-state index in [1.165, 1.54) is 6.33 Å². The maximum atomic E-state index is 5.53. The minimum Gasteiger partial charge on any atom is -0.380 e. The topological polar surface area (TPSA) is 106 Å². The van der Waals surface area contributed by atoms with Gasteiger partial charge in [0.05, 0.1) is 18.8 Å². The Balaban J connectivity index is 1.77. The number of piperazine rings is 1. The molecule has 0 unspecified atom stereocenters. The van der Waals surface area contributed by atoms with Gasteiger partial charge in [0, 0.05) is 38.5 Å². The first-order chi connectivity index (χ1) is 14.2. The highest BCUT2D eigenvalue weighted by Crippen LogP contribution is 2.28.